The second kappa shape index (κ2) is 7.06. The molecule has 3 N–H and O–H groups in total. The van der Waals surface area contributed by atoms with E-state index in [9.17, 15) is 0 Å². The van der Waals surface area contributed by atoms with Crippen LogP contribution in [-0.4, -0.2) is 24.7 Å². The zero-order valence-electron chi connectivity index (χ0n) is 10.1. The molecule has 1 aromatic heterocycles. The molecule has 0 spiro atoms. The summed E-state index contributed by atoms with van der Waals surface area (Å²) in [5, 5.41) is 3.21. The smallest absolute Gasteiger partial charge is 0.0736 e. The second-order valence-electron chi connectivity index (χ2n) is 4.18. The number of hydrogen-bond acceptors (Lipinski definition) is 4. The largest absolute Gasteiger partial charge is 0.396 e. The molecule has 0 aliphatic rings. The summed E-state index contributed by atoms with van der Waals surface area (Å²) in [4.78, 5) is 3.93. The molecule has 0 aliphatic heterocycles. The van der Waals surface area contributed by atoms with Gasteiger partial charge in [-0.3, -0.25) is 4.98 Å². The molecule has 0 bridgehead atoms. The Morgan fingerprint density at radius 2 is 2.25 bits per heavy atom. The zero-order chi connectivity index (χ0) is 11.8. The predicted octanol–water partition coefficient (Wildman–Crippen LogP) is 2.14. The maximum atomic E-state index is 5.74. The van der Waals surface area contributed by atoms with E-state index in [0.717, 1.165) is 25.3 Å². The van der Waals surface area contributed by atoms with Gasteiger partial charge in [0.05, 0.1) is 24.2 Å². The van der Waals surface area contributed by atoms with E-state index in [0.29, 0.717) is 18.2 Å². The van der Waals surface area contributed by atoms with Crippen LogP contribution in [0.5, 0.6) is 0 Å². The zero-order valence-corrected chi connectivity index (χ0v) is 10.1. The molecular formula is C12H21N3O. The summed E-state index contributed by atoms with van der Waals surface area (Å²) in [6, 6.07) is 1.86. The van der Waals surface area contributed by atoms with E-state index >= 15 is 0 Å². The normalized spacial score (nSPS) is 10.7. The van der Waals surface area contributed by atoms with Gasteiger partial charge < -0.3 is 15.8 Å². The molecule has 0 radical (unpaired) electrons. The van der Waals surface area contributed by atoms with E-state index in [1.165, 1.54) is 0 Å². The lowest BCUT2D eigenvalue weighted by Crippen LogP contribution is -2.11. The van der Waals surface area contributed by atoms with Gasteiger partial charge in [-0.15, -0.1) is 0 Å². The summed E-state index contributed by atoms with van der Waals surface area (Å²) in [5.41, 5.74) is 7.33. The van der Waals surface area contributed by atoms with Crippen molar-refractivity contribution < 1.29 is 4.74 Å². The first-order chi connectivity index (χ1) is 7.70. The highest BCUT2D eigenvalue weighted by Crippen LogP contribution is 2.14. The Kier molecular flexibility index (Phi) is 5.64. The molecule has 1 heterocycles. The lowest BCUT2D eigenvalue weighted by atomic mass is 10.1. The first-order valence-electron chi connectivity index (χ1n) is 5.71. The van der Waals surface area contributed by atoms with Gasteiger partial charge in [0.1, 0.15) is 0 Å². The molecule has 0 unspecified atom stereocenters. The summed E-state index contributed by atoms with van der Waals surface area (Å²) in [5.74, 6) is 0.698. The van der Waals surface area contributed by atoms with Crippen LogP contribution in [0, 0.1) is 5.92 Å². The molecular weight excluding hydrogens is 202 g/mol. The fraction of sp³-hybridized carbons (Fsp3) is 0.583. The standard InChI is InChI=1S/C12H21N3O/c1-10(2)4-7-16-8-6-15-12-3-5-14-9-11(12)13/h3,5,9-10H,4,6-8,13H2,1-2H3,(H,14,15). The van der Waals surface area contributed by atoms with Crippen LogP contribution in [0.1, 0.15) is 20.3 Å². The van der Waals surface area contributed by atoms with Gasteiger partial charge in [-0.2, -0.15) is 0 Å². The van der Waals surface area contributed by atoms with Gasteiger partial charge in [0, 0.05) is 19.3 Å². The Morgan fingerprint density at radius 3 is 2.94 bits per heavy atom. The molecule has 0 saturated carbocycles. The molecule has 1 rings (SSSR count). The molecule has 0 atom stereocenters. The lowest BCUT2D eigenvalue weighted by molar-refractivity contribution is 0.132. The van der Waals surface area contributed by atoms with Crippen molar-refractivity contribution in [2.24, 2.45) is 5.92 Å². The van der Waals surface area contributed by atoms with E-state index in [1.54, 1.807) is 12.4 Å². The van der Waals surface area contributed by atoms with Crippen molar-refractivity contribution in [3.05, 3.63) is 18.5 Å². The Hall–Kier alpha value is -1.29. The third-order valence-electron chi connectivity index (χ3n) is 2.25. The summed E-state index contributed by atoms with van der Waals surface area (Å²) >= 11 is 0. The van der Waals surface area contributed by atoms with Crippen LogP contribution < -0.4 is 11.1 Å². The molecule has 1 aromatic rings. The minimum atomic E-state index is 0.671. The first-order valence-corrected chi connectivity index (χ1v) is 5.71. The SMILES string of the molecule is CC(C)CCOCCNc1ccncc1N. The number of hydrogen-bond donors (Lipinski definition) is 2. The number of aromatic nitrogens is 1. The number of ether oxygens (including phenoxy) is 1. The van der Waals surface area contributed by atoms with Gasteiger partial charge in [0.25, 0.3) is 0 Å². The maximum Gasteiger partial charge on any atom is 0.0736 e. The number of nitrogens with two attached hydrogens (primary N) is 1. The van der Waals surface area contributed by atoms with Crippen molar-refractivity contribution in [2.75, 3.05) is 30.8 Å². The van der Waals surface area contributed by atoms with E-state index in [1.807, 2.05) is 6.07 Å². The van der Waals surface area contributed by atoms with Gasteiger partial charge in [-0.1, -0.05) is 13.8 Å². The Balaban J connectivity index is 2.10. The van der Waals surface area contributed by atoms with Crippen LogP contribution in [0.3, 0.4) is 0 Å². The molecule has 0 fully saturated rings. The average Bonchev–Trinajstić information content (AvgIpc) is 2.25. The van der Waals surface area contributed by atoms with Crippen LogP contribution >= 0.6 is 0 Å². The van der Waals surface area contributed by atoms with Crippen molar-refractivity contribution >= 4 is 11.4 Å². The highest BCUT2D eigenvalue weighted by molar-refractivity contribution is 5.64. The van der Waals surface area contributed by atoms with E-state index in [4.69, 9.17) is 10.5 Å². The molecule has 4 heteroatoms. The van der Waals surface area contributed by atoms with Crippen LogP contribution in [-0.2, 0) is 4.74 Å². The van der Waals surface area contributed by atoms with Gasteiger partial charge in [-0.05, 0) is 18.4 Å². The van der Waals surface area contributed by atoms with Crippen LogP contribution in [0.25, 0.3) is 0 Å². The average molecular weight is 223 g/mol. The summed E-state index contributed by atoms with van der Waals surface area (Å²) in [6.07, 6.45) is 4.47. The number of nitrogens with zero attached hydrogens (tertiary/aromatic N) is 1. The molecule has 16 heavy (non-hydrogen) atoms. The highest BCUT2D eigenvalue weighted by Gasteiger charge is 1.97. The minimum Gasteiger partial charge on any atom is -0.396 e. The van der Waals surface area contributed by atoms with Crippen molar-refractivity contribution in [3.63, 3.8) is 0 Å². The Labute approximate surface area is 97.2 Å². The molecule has 0 saturated heterocycles. The van der Waals surface area contributed by atoms with Crippen molar-refractivity contribution in [1.82, 2.24) is 4.98 Å². The summed E-state index contributed by atoms with van der Waals surface area (Å²) in [7, 11) is 0. The van der Waals surface area contributed by atoms with Gasteiger partial charge in [-0.25, -0.2) is 0 Å². The number of rotatable bonds is 7. The molecule has 0 amide bonds. The fourth-order valence-corrected chi connectivity index (χ4v) is 1.25. The maximum absolute atomic E-state index is 5.74. The lowest BCUT2D eigenvalue weighted by Gasteiger charge is -2.09. The monoisotopic (exact) mass is 223 g/mol. The van der Waals surface area contributed by atoms with Gasteiger partial charge in [0.15, 0.2) is 0 Å². The highest BCUT2D eigenvalue weighted by atomic mass is 16.5. The quantitative estimate of drug-likeness (QED) is 0.695. The summed E-state index contributed by atoms with van der Waals surface area (Å²) < 4.78 is 5.49. The number of nitrogens with one attached hydrogen (secondary N) is 1. The first kappa shape index (κ1) is 12.8. The predicted molar refractivity (Wildman–Crippen MR) is 67.4 cm³/mol. The van der Waals surface area contributed by atoms with Crippen molar-refractivity contribution in [1.29, 1.82) is 0 Å². The minimum absolute atomic E-state index is 0.671. The molecule has 0 aliphatic carbocycles. The van der Waals surface area contributed by atoms with Gasteiger partial charge in [0.2, 0.25) is 0 Å². The second-order valence-corrected chi connectivity index (χ2v) is 4.18. The Bertz CT molecular complexity index is 302. The van der Waals surface area contributed by atoms with Gasteiger partial charge >= 0.3 is 0 Å². The van der Waals surface area contributed by atoms with Crippen LogP contribution in [0.15, 0.2) is 18.5 Å². The third kappa shape index (κ3) is 4.98. The Morgan fingerprint density at radius 1 is 1.44 bits per heavy atom. The number of pyridine rings is 1. The van der Waals surface area contributed by atoms with Crippen molar-refractivity contribution in [2.45, 2.75) is 20.3 Å². The van der Waals surface area contributed by atoms with Crippen molar-refractivity contribution in [3.8, 4) is 0 Å². The van der Waals surface area contributed by atoms with E-state index < -0.39 is 0 Å². The van der Waals surface area contributed by atoms with E-state index in [-0.39, 0.29) is 0 Å². The fourth-order valence-electron chi connectivity index (χ4n) is 1.25. The van der Waals surface area contributed by atoms with E-state index in [2.05, 4.69) is 24.1 Å². The number of nitrogen functional groups attached to an aromatic ring is 1. The molecule has 0 aromatic carbocycles. The van der Waals surface area contributed by atoms with Crippen LogP contribution in [0.2, 0.25) is 0 Å². The molecule has 90 valence electrons. The number of anilines is 2. The topological polar surface area (TPSA) is 60.2 Å². The molecule has 4 nitrogen and oxygen atoms in total. The van der Waals surface area contributed by atoms with Crippen LogP contribution in [0.4, 0.5) is 11.4 Å². The summed E-state index contributed by atoms with van der Waals surface area (Å²) in [6.45, 7) is 6.69. The third-order valence-corrected chi connectivity index (χ3v) is 2.25.